The van der Waals surface area contributed by atoms with Crippen LogP contribution in [-0.4, -0.2) is 58.1 Å². The normalized spacial score (nSPS) is 24.3. The van der Waals surface area contributed by atoms with Crippen LogP contribution in [0, 0.1) is 11.8 Å². The summed E-state index contributed by atoms with van der Waals surface area (Å²) >= 11 is 0. The van der Waals surface area contributed by atoms with E-state index in [-0.39, 0.29) is 29.4 Å². The topological polar surface area (TPSA) is 82.1 Å². The largest absolute Gasteiger partial charge is 0.493 e. The second kappa shape index (κ2) is 11.4. The average Bonchev–Trinajstić information content (AvgIpc) is 3.19. The first kappa shape index (κ1) is 25.7. The van der Waals surface area contributed by atoms with Crippen LogP contribution in [0.25, 0.3) is 0 Å². The minimum Gasteiger partial charge on any atom is -0.493 e. The first-order chi connectivity index (χ1) is 15.8. The maximum absolute atomic E-state index is 13.7. The Bertz CT molecular complexity index is 882. The molecule has 0 aromatic heterocycles. The zero-order chi connectivity index (χ0) is 24.0. The molecule has 1 aliphatic heterocycles. The third kappa shape index (κ3) is 6.34. The molecule has 0 bridgehead atoms. The summed E-state index contributed by atoms with van der Waals surface area (Å²) in [4.78, 5) is 15.5. The molecule has 186 valence electrons. The van der Waals surface area contributed by atoms with E-state index in [4.69, 9.17) is 14.2 Å². The molecule has 2 aliphatic rings. The van der Waals surface area contributed by atoms with Gasteiger partial charge in [-0.05, 0) is 55.7 Å². The smallest absolute Gasteiger partial charge is 0.226 e. The molecule has 3 rings (SSSR count). The van der Waals surface area contributed by atoms with Gasteiger partial charge in [0.15, 0.2) is 21.3 Å². The van der Waals surface area contributed by atoms with Crippen LogP contribution in [0.4, 0.5) is 0 Å². The van der Waals surface area contributed by atoms with E-state index in [1.165, 1.54) is 19.3 Å². The number of methoxy groups -OCH3 is 3. The van der Waals surface area contributed by atoms with Gasteiger partial charge in [-0.2, -0.15) is 0 Å². The SMILES string of the molecule is CCCCC1CCC(C(=O)N(Cc2cc(OC)c(OC)c(OC)c2)C2CCS(=O)(=O)C2)CC1. The molecule has 1 aromatic rings. The average molecular weight is 482 g/mol. The monoisotopic (exact) mass is 481 g/mol. The standard InChI is InChI=1S/C25H39NO6S/c1-5-6-7-18-8-10-20(11-9-18)25(27)26(21-12-13-33(28,29)17-21)16-19-14-22(30-2)24(32-4)23(15-19)31-3/h14-15,18,20-21H,5-13,16-17H2,1-4H3. The molecule has 0 spiro atoms. The number of hydrogen-bond acceptors (Lipinski definition) is 6. The lowest BCUT2D eigenvalue weighted by molar-refractivity contribution is -0.139. The highest BCUT2D eigenvalue weighted by molar-refractivity contribution is 7.91. The van der Waals surface area contributed by atoms with Gasteiger partial charge in [0, 0.05) is 18.5 Å². The van der Waals surface area contributed by atoms with E-state index in [1.807, 2.05) is 17.0 Å². The Morgan fingerprint density at radius 3 is 2.12 bits per heavy atom. The number of carbonyl (C=O) groups is 1. The van der Waals surface area contributed by atoms with Gasteiger partial charge >= 0.3 is 0 Å². The number of sulfone groups is 1. The molecule has 8 heteroatoms. The molecule has 0 N–H and O–H groups in total. The van der Waals surface area contributed by atoms with Crippen LogP contribution in [0.2, 0.25) is 0 Å². The Balaban J connectivity index is 1.82. The van der Waals surface area contributed by atoms with E-state index in [2.05, 4.69) is 6.92 Å². The van der Waals surface area contributed by atoms with Crippen molar-refractivity contribution in [2.75, 3.05) is 32.8 Å². The fourth-order valence-electron chi connectivity index (χ4n) is 5.26. The van der Waals surface area contributed by atoms with Gasteiger partial charge in [0.1, 0.15) is 0 Å². The zero-order valence-electron chi connectivity index (χ0n) is 20.5. The van der Waals surface area contributed by atoms with Gasteiger partial charge in [-0.25, -0.2) is 8.42 Å². The third-order valence-corrected chi connectivity index (χ3v) is 8.92. The highest BCUT2D eigenvalue weighted by Crippen LogP contribution is 2.39. The Morgan fingerprint density at radius 1 is 1.00 bits per heavy atom. The molecule has 1 unspecified atom stereocenters. The molecule has 1 aromatic carbocycles. The molecule has 2 fully saturated rings. The predicted molar refractivity (Wildman–Crippen MR) is 129 cm³/mol. The number of benzene rings is 1. The Kier molecular flexibility index (Phi) is 8.90. The molecular weight excluding hydrogens is 442 g/mol. The Labute approximate surface area is 198 Å². The van der Waals surface area contributed by atoms with Crippen molar-refractivity contribution in [2.24, 2.45) is 11.8 Å². The van der Waals surface area contributed by atoms with Crippen LogP contribution >= 0.6 is 0 Å². The van der Waals surface area contributed by atoms with Gasteiger partial charge in [0.2, 0.25) is 11.7 Å². The number of ether oxygens (including phenoxy) is 3. The van der Waals surface area contributed by atoms with E-state index in [1.54, 1.807) is 21.3 Å². The van der Waals surface area contributed by atoms with E-state index >= 15 is 0 Å². The molecule has 1 amide bonds. The third-order valence-electron chi connectivity index (χ3n) is 7.17. The van der Waals surface area contributed by atoms with Crippen molar-refractivity contribution in [1.29, 1.82) is 0 Å². The lowest BCUT2D eigenvalue weighted by Gasteiger charge is -2.35. The number of hydrogen-bond donors (Lipinski definition) is 0. The number of rotatable bonds is 10. The minimum atomic E-state index is -3.12. The van der Waals surface area contributed by atoms with Crippen molar-refractivity contribution in [2.45, 2.75) is 70.9 Å². The highest BCUT2D eigenvalue weighted by Gasteiger charge is 2.38. The fraction of sp³-hybridized carbons (Fsp3) is 0.720. The van der Waals surface area contributed by atoms with Crippen molar-refractivity contribution in [1.82, 2.24) is 4.90 Å². The van der Waals surface area contributed by atoms with E-state index in [0.717, 1.165) is 31.2 Å². The summed E-state index contributed by atoms with van der Waals surface area (Å²) in [5, 5.41) is 0. The summed E-state index contributed by atoms with van der Waals surface area (Å²) in [6, 6.07) is 3.39. The lowest BCUT2D eigenvalue weighted by Crippen LogP contribution is -2.44. The summed E-state index contributed by atoms with van der Waals surface area (Å²) < 4.78 is 40.8. The number of unbranched alkanes of at least 4 members (excludes halogenated alkanes) is 1. The summed E-state index contributed by atoms with van der Waals surface area (Å²) in [6.45, 7) is 2.54. The van der Waals surface area contributed by atoms with Gasteiger partial charge in [0.25, 0.3) is 0 Å². The van der Waals surface area contributed by atoms with Crippen molar-refractivity contribution in [3.63, 3.8) is 0 Å². The number of nitrogens with zero attached hydrogens (tertiary/aromatic N) is 1. The van der Waals surface area contributed by atoms with Crippen LogP contribution in [-0.2, 0) is 21.2 Å². The van der Waals surface area contributed by atoms with E-state index in [9.17, 15) is 13.2 Å². The molecule has 1 aliphatic carbocycles. The van der Waals surface area contributed by atoms with Crippen molar-refractivity contribution < 1.29 is 27.4 Å². The molecule has 0 radical (unpaired) electrons. The molecule has 1 heterocycles. The second-order valence-electron chi connectivity index (χ2n) is 9.42. The van der Waals surface area contributed by atoms with Crippen molar-refractivity contribution in [3.05, 3.63) is 17.7 Å². The molecule has 1 saturated carbocycles. The Morgan fingerprint density at radius 2 is 1.64 bits per heavy atom. The zero-order valence-corrected chi connectivity index (χ0v) is 21.3. The van der Waals surface area contributed by atoms with Gasteiger partial charge in [-0.3, -0.25) is 4.79 Å². The summed E-state index contributed by atoms with van der Waals surface area (Å²) in [5.41, 5.74) is 0.832. The van der Waals surface area contributed by atoms with E-state index in [0.29, 0.717) is 36.1 Å². The van der Waals surface area contributed by atoms with Crippen LogP contribution in [0.3, 0.4) is 0 Å². The maximum Gasteiger partial charge on any atom is 0.226 e. The summed E-state index contributed by atoms with van der Waals surface area (Å²) in [6.07, 6.45) is 8.12. The molecular formula is C25H39NO6S. The van der Waals surface area contributed by atoms with Crippen molar-refractivity contribution in [3.8, 4) is 17.2 Å². The summed E-state index contributed by atoms with van der Waals surface area (Å²) in [7, 11) is 1.56. The van der Waals surface area contributed by atoms with Gasteiger partial charge in [-0.15, -0.1) is 0 Å². The highest BCUT2D eigenvalue weighted by atomic mass is 32.2. The second-order valence-corrected chi connectivity index (χ2v) is 11.6. The van der Waals surface area contributed by atoms with Crippen LogP contribution < -0.4 is 14.2 Å². The Hall–Kier alpha value is -1.96. The van der Waals surface area contributed by atoms with Gasteiger partial charge in [-0.1, -0.05) is 26.2 Å². The quantitative estimate of drug-likeness (QED) is 0.498. The minimum absolute atomic E-state index is 0.0341. The van der Waals surface area contributed by atoms with Crippen molar-refractivity contribution >= 4 is 15.7 Å². The first-order valence-corrected chi connectivity index (χ1v) is 13.9. The van der Waals surface area contributed by atoms with Gasteiger partial charge < -0.3 is 19.1 Å². The molecule has 1 atom stereocenters. The van der Waals surface area contributed by atoms with Crippen LogP contribution in [0.1, 0.15) is 63.9 Å². The fourth-order valence-corrected chi connectivity index (χ4v) is 6.99. The predicted octanol–water partition coefficient (Wildman–Crippen LogP) is 4.22. The van der Waals surface area contributed by atoms with Crippen LogP contribution in [0.5, 0.6) is 17.2 Å². The maximum atomic E-state index is 13.7. The number of amides is 1. The first-order valence-electron chi connectivity index (χ1n) is 12.1. The molecule has 7 nitrogen and oxygen atoms in total. The summed E-state index contributed by atoms with van der Waals surface area (Å²) in [5.74, 6) is 2.48. The number of carbonyl (C=O) groups excluding carboxylic acids is 1. The van der Waals surface area contributed by atoms with Crippen LogP contribution in [0.15, 0.2) is 12.1 Å². The lowest BCUT2D eigenvalue weighted by atomic mass is 9.79. The van der Waals surface area contributed by atoms with Gasteiger partial charge in [0.05, 0.1) is 32.8 Å². The molecule has 1 saturated heterocycles. The molecule has 33 heavy (non-hydrogen) atoms. The van der Waals surface area contributed by atoms with E-state index < -0.39 is 9.84 Å².